The number of aliphatic carboxylic acids is 1. The highest BCUT2D eigenvalue weighted by molar-refractivity contribution is 6.04. The zero-order valence-electron chi connectivity index (χ0n) is 16.0. The van der Waals surface area contributed by atoms with Crippen LogP contribution in [-0.2, 0) is 4.79 Å². The summed E-state index contributed by atoms with van der Waals surface area (Å²) in [5.41, 5.74) is 0.630. The van der Waals surface area contributed by atoms with Crippen molar-refractivity contribution in [1.82, 2.24) is 0 Å². The molecule has 1 unspecified atom stereocenters. The molecule has 1 aromatic carbocycles. The molecule has 0 aliphatic carbocycles. The number of carboxylic acids is 1. The second kappa shape index (κ2) is 11.9. The van der Waals surface area contributed by atoms with Crippen LogP contribution in [0.4, 0.5) is 0 Å². The average Bonchev–Trinajstić information content (AvgIpc) is 2.67. The molecule has 7 nitrogen and oxygen atoms in total. The fraction of sp³-hybridized carbons (Fsp3) is 0.429. The van der Waals surface area contributed by atoms with Crippen molar-refractivity contribution in [2.24, 2.45) is 5.92 Å². The van der Waals surface area contributed by atoms with Crippen LogP contribution in [-0.4, -0.2) is 50.5 Å². The lowest BCUT2D eigenvalue weighted by Crippen LogP contribution is -2.09. The lowest BCUT2D eigenvalue weighted by Gasteiger charge is -2.12. The standard InChI is InChI=1S/C21H28O7/c1-14(12-22)4-2-5-15(13-23)6-3-7-16(21(27)28)10-20(26)18-11-17(24)8-9-19(18)25/h4,7-9,11,15,22-25H,2-3,5-6,10,12-13H2,1H3,(H,27,28)/b14-4+,16-7-. The van der Waals surface area contributed by atoms with Gasteiger partial charge in [-0.2, -0.15) is 0 Å². The third-order valence-corrected chi connectivity index (χ3v) is 4.45. The summed E-state index contributed by atoms with van der Waals surface area (Å²) in [6.45, 7) is 1.78. The van der Waals surface area contributed by atoms with Gasteiger partial charge in [-0.1, -0.05) is 17.7 Å². The van der Waals surface area contributed by atoms with Crippen LogP contribution >= 0.6 is 0 Å². The van der Waals surface area contributed by atoms with Gasteiger partial charge in [0.2, 0.25) is 0 Å². The first-order valence-corrected chi connectivity index (χ1v) is 9.13. The smallest absolute Gasteiger partial charge is 0.331 e. The van der Waals surface area contributed by atoms with E-state index >= 15 is 0 Å². The van der Waals surface area contributed by atoms with E-state index < -0.39 is 18.2 Å². The number of benzene rings is 1. The Labute approximate surface area is 164 Å². The van der Waals surface area contributed by atoms with Crippen molar-refractivity contribution < 1.29 is 35.1 Å². The molecule has 0 aliphatic heterocycles. The quantitative estimate of drug-likeness (QED) is 0.160. The van der Waals surface area contributed by atoms with Gasteiger partial charge in [-0.25, -0.2) is 4.79 Å². The molecule has 1 aromatic rings. The number of carbonyl (C=O) groups is 2. The van der Waals surface area contributed by atoms with Crippen molar-refractivity contribution in [1.29, 1.82) is 0 Å². The largest absolute Gasteiger partial charge is 0.508 e. The Balaban J connectivity index is 2.69. The van der Waals surface area contributed by atoms with Gasteiger partial charge in [0.05, 0.1) is 12.2 Å². The van der Waals surface area contributed by atoms with Gasteiger partial charge in [0.25, 0.3) is 0 Å². The minimum absolute atomic E-state index is 0.00271. The van der Waals surface area contributed by atoms with E-state index in [1.807, 2.05) is 13.0 Å². The summed E-state index contributed by atoms with van der Waals surface area (Å²) >= 11 is 0. The molecule has 0 saturated heterocycles. The lowest BCUT2D eigenvalue weighted by molar-refractivity contribution is -0.132. The number of carboxylic acid groups (broad SMARTS) is 1. The van der Waals surface area contributed by atoms with Gasteiger partial charge in [0.1, 0.15) is 11.5 Å². The molecule has 0 fully saturated rings. The molecular formula is C21H28O7. The fourth-order valence-corrected chi connectivity index (χ4v) is 2.70. The molecule has 154 valence electrons. The molecule has 0 amide bonds. The third kappa shape index (κ3) is 7.94. The Morgan fingerprint density at radius 1 is 1.07 bits per heavy atom. The van der Waals surface area contributed by atoms with Crippen molar-refractivity contribution >= 4 is 11.8 Å². The van der Waals surface area contributed by atoms with E-state index in [9.17, 15) is 30.0 Å². The average molecular weight is 392 g/mol. The summed E-state index contributed by atoms with van der Waals surface area (Å²) in [6.07, 6.45) is 5.32. The molecule has 0 radical (unpaired) electrons. The van der Waals surface area contributed by atoms with Gasteiger partial charge >= 0.3 is 5.97 Å². The molecule has 0 aromatic heterocycles. The summed E-state index contributed by atoms with van der Waals surface area (Å²) in [4.78, 5) is 23.7. The number of aromatic hydroxyl groups is 2. The highest BCUT2D eigenvalue weighted by Crippen LogP contribution is 2.25. The number of ketones is 1. The highest BCUT2D eigenvalue weighted by atomic mass is 16.4. The number of aliphatic hydroxyl groups excluding tert-OH is 2. The normalized spacial score (nSPS) is 13.4. The number of hydrogen-bond donors (Lipinski definition) is 5. The Hall–Kier alpha value is -2.64. The predicted octanol–water partition coefficient (Wildman–Crippen LogP) is 2.79. The van der Waals surface area contributed by atoms with Crippen molar-refractivity contribution in [2.45, 2.75) is 39.0 Å². The van der Waals surface area contributed by atoms with Gasteiger partial charge in [-0.15, -0.1) is 0 Å². The monoisotopic (exact) mass is 392 g/mol. The van der Waals surface area contributed by atoms with Crippen LogP contribution in [0.3, 0.4) is 0 Å². The molecule has 28 heavy (non-hydrogen) atoms. The van der Waals surface area contributed by atoms with Crippen LogP contribution in [0.15, 0.2) is 41.5 Å². The van der Waals surface area contributed by atoms with Gasteiger partial charge in [-0.05, 0) is 56.7 Å². The van der Waals surface area contributed by atoms with Crippen LogP contribution in [0.2, 0.25) is 0 Å². The van der Waals surface area contributed by atoms with Crippen LogP contribution in [0, 0.1) is 5.92 Å². The van der Waals surface area contributed by atoms with Crippen molar-refractivity contribution in [3.8, 4) is 11.5 Å². The predicted molar refractivity (Wildman–Crippen MR) is 104 cm³/mol. The maximum atomic E-state index is 12.3. The van der Waals surface area contributed by atoms with Crippen molar-refractivity contribution in [2.75, 3.05) is 13.2 Å². The topological polar surface area (TPSA) is 135 Å². The first-order valence-electron chi connectivity index (χ1n) is 9.13. The van der Waals surface area contributed by atoms with E-state index in [4.69, 9.17) is 5.11 Å². The van der Waals surface area contributed by atoms with Gasteiger partial charge in [0, 0.05) is 18.6 Å². The minimum atomic E-state index is -1.23. The molecule has 7 heteroatoms. The summed E-state index contributed by atoms with van der Waals surface area (Å²) in [7, 11) is 0. The molecule has 0 heterocycles. The molecule has 0 bridgehead atoms. The summed E-state index contributed by atoms with van der Waals surface area (Å²) in [5, 5.41) is 46.9. The van der Waals surface area contributed by atoms with E-state index in [1.165, 1.54) is 18.2 Å². The first-order chi connectivity index (χ1) is 13.3. The molecule has 0 spiro atoms. The van der Waals surface area contributed by atoms with E-state index in [-0.39, 0.29) is 41.8 Å². The summed E-state index contributed by atoms with van der Waals surface area (Å²) in [5.74, 6) is -2.36. The van der Waals surface area contributed by atoms with E-state index in [1.54, 1.807) is 0 Å². The molecule has 1 atom stereocenters. The summed E-state index contributed by atoms with van der Waals surface area (Å²) in [6, 6.07) is 3.50. The number of allylic oxidation sites excluding steroid dienone is 2. The van der Waals surface area contributed by atoms with Crippen LogP contribution < -0.4 is 0 Å². The third-order valence-electron chi connectivity index (χ3n) is 4.45. The molecule has 0 aliphatic rings. The second-order valence-corrected chi connectivity index (χ2v) is 6.75. The Bertz CT molecular complexity index is 734. The SMILES string of the molecule is C/C(=C\CCC(CO)CC/C=C(/CC(=O)c1cc(O)ccc1O)C(=O)O)CO. The number of hydrogen-bond acceptors (Lipinski definition) is 6. The fourth-order valence-electron chi connectivity index (χ4n) is 2.70. The van der Waals surface area contributed by atoms with E-state index in [0.29, 0.717) is 25.7 Å². The zero-order chi connectivity index (χ0) is 21.1. The number of rotatable bonds is 12. The number of aliphatic hydroxyl groups is 2. The number of carbonyl (C=O) groups excluding carboxylic acids is 1. The number of phenols is 2. The number of phenolic OH excluding ortho intramolecular Hbond substituents is 2. The summed E-state index contributed by atoms with van der Waals surface area (Å²) < 4.78 is 0. The zero-order valence-corrected chi connectivity index (χ0v) is 16.0. The van der Waals surface area contributed by atoms with Crippen LogP contribution in [0.25, 0.3) is 0 Å². The van der Waals surface area contributed by atoms with Crippen molar-refractivity contribution in [3.63, 3.8) is 0 Å². The van der Waals surface area contributed by atoms with Crippen LogP contribution in [0.5, 0.6) is 11.5 Å². The van der Waals surface area contributed by atoms with E-state index in [0.717, 1.165) is 11.6 Å². The Kier molecular flexibility index (Phi) is 9.98. The van der Waals surface area contributed by atoms with Gasteiger partial charge in [-0.3, -0.25) is 4.79 Å². The van der Waals surface area contributed by atoms with Gasteiger partial charge < -0.3 is 25.5 Å². The minimum Gasteiger partial charge on any atom is -0.508 e. The first kappa shape index (κ1) is 23.4. The molecule has 0 saturated carbocycles. The second-order valence-electron chi connectivity index (χ2n) is 6.75. The lowest BCUT2D eigenvalue weighted by atomic mass is 9.96. The maximum Gasteiger partial charge on any atom is 0.331 e. The van der Waals surface area contributed by atoms with Crippen molar-refractivity contribution in [3.05, 3.63) is 47.1 Å². The highest BCUT2D eigenvalue weighted by Gasteiger charge is 2.18. The van der Waals surface area contributed by atoms with Crippen LogP contribution in [0.1, 0.15) is 49.4 Å². The molecular weight excluding hydrogens is 364 g/mol. The maximum absolute atomic E-state index is 12.3. The Morgan fingerprint density at radius 2 is 1.71 bits per heavy atom. The van der Waals surface area contributed by atoms with E-state index in [2.05, 4.69) is 0 Å². The van der Waals surface area contributed by atoms with Gasteiger partial charge in [0.15, 0.2) is 5.78 Å². The molecule has 5 N–H and O–H groups in total. The molecule has 1 rings (SSSR count). The Morgan fingerprint density at radius 3 is 2.29 bits per heavy atom. The number of Topliss-reactive ketones (excluding diaryl/α,β-unsaturated/α-hetero) is 1.